The van der Waals surface area contributed by atoms with Crippen LogP contribution < -0.4 is 0 Å². The third-order valence-corrected chi connectivity index (χ3v) is 2.84. The van der Waals surface area contributed by atoms with Crippen molar-refractivity contribution in [3.8, 4) is 0 Å². The number of hydrogen-bond donors (Lipinski definition) is 1. The van der Waals surface area contributed by atoms with E-state index in [-0.39, 0.29) is 0 Å². The maximum atomic E-state index is 11.0. The van der Waals surface area contributed by atoms with Crippen molar-refractivity contribution in [1.82, 2.24) is 0 Å². The first-order valence-electron chi connectivity index (χ1n) is 4.35. The van der Waals surface area contributed by atoms with Crippen molar-refractivity contribution in [3.05, 3.63) is 34.3 Å². The Balaban J connectivity index is 3.21. The summed E-state index contributed by atoms with van der Waals surface area (Å²) in [5, 5.41) is 9.68. The molecule has 14 heavy (non-hydrogen) atoms. The number of benzene rings is 1. The van der Waals surface area contributed by atoms with Gasteiger partial charge in [0.15, 0.2) is 0 Å². The molecule has 0 unspecified atom stereocenters. The van der Waals surface area contributed by atoms with E-state index in [1.165, 1.54) is 0 Å². The molecule has 0 fully saturated rings. The molecule has 0 aliphatic rings. The molecule has 0 spiro atoms. The Hall–Kier alpha value is -1.02. The molecule has 0 heterocycles. The Morgan fingerprint density at radius 2 is 2.00 bits per heavy atom. The SMILES string of the molecule is Cc1cc(C(C)(C)C(=O)O)ccc1Cl. The van der Waals surface area contributed by atoms with Crippen molar-refractivity contribution in [3.63, 3.8) is 0 Å². The van der Waals surface area contributed by atoms with E-state index in [1.54, 1.807) is 26.0 Å². The van der Waals surface area contributed by atoms with Crippen molar-refractivity contribution >= 4 is 17.6 Å². The quantitative estimate of drug-likeness (QED) is 0.818. The van der Waals surface area contributed by atoms with Crippen LogP contribution in [0.4, 0.5) is 0 Å². The Labute approximate surface area is 88.5 Å². The summed E-state index contributed by atoms with van der Waals surface area (Å²) in [5.74, 6) is -0.834. The minimum atomic E-state index is -0.866. The highest BCUT2D eigenvalue weighted by atomic mass is 35.5. The molecule has 0 atom stereocenters. The molecule has 0 saturated heterocycles. The van der Waals surface area contributed by atoms with Gasteiger partial charge >= 0.3 is 5.97 Å². The molecule has 0 radical (unpaired) electrons. The van der Waals surface area contributed by atoms with Crippen molar-refractivity contribution in [2.24, 2.45) is 0 Å². The molecule has 0 saturated carbocycles. The van der Waals surface area contributed by atoms with Gasteiger partial charge in [-0.1, -0.05) is 23.7 Å². The molecule has 0 amide bonds. The number of halogens is 1. The summed E-state index contributed by atoms with van der Waals surface area (Å²) in [7, 11) is 0. The maximum absolute atomic E-state index is 11.0. The molecule has 76 valence electrons. The molecule has 2 nitrogen and oxygen atoms in total. The minimum Gasteiger partial charge on any atom is -0.481 e. The van der Waals surface area contributed by atoms with Crippen LogP contribution in [-0.2, 0) is 10.2 Å². The van der Waals surface area contributed by atoms with Gasteiger partial charge < -0.3 is 5.11 Å². The van der Waals surface area contributed by atoms with Gasteiger partial charge in [0.05, 0.1) is 5.41 Å². The fourth-order valence-corrected chi connectivity index (χ4v) is 1.27. The highest BCUT2D eigenvalue weighted by Crippen LogP contribution is 2.26. The highest BCUT2D eigenvalue weighted by Gasteiger charge is 2.29. The second-order valence-corrected chi connectivity index (χ2v) is 4.30. The van der Waals surface area contributed by atoms with E-state index in [0.29, 0.717) is 5.02 Å². The minimum absolute atomic E-state index is 0.662. The zero-order chi connectivity index (χ0) is 10.9. The van der Waals surface area contributed by atoms with Crippen LogP contribution in [0.2, 0.25) is 5.02 Å². The molecular weight excluding hydrogens is 200 g/mol. The Kier molecular flexibility index (Phi) is 2.86. The lowest BCUT2D eigenvalue weighted by Gasteiger charge is -2.20. The number of carboxylic acids is 1. The summed E-state index contributed by atoms with van der Waals surface area (Å²) in [5.41, 5.74) is 0.806. The van der Waals surface area contributed by atoms with Crippen LogP contribution >= 0.6 is 11.6 Å². The zero-order valence-corrected chi connectivity index (χ0v) is 9.22. The average Bonchev–Trinajstić information content (AvgIpc) is 2.09. The summed E-state index contributed by atoms with van der Waals surface area (Å²) in [6, 6.07) is 5.30. The van der Waals surface area contributed by atoms with Crippen LogP contribution in [0.25, 0.3) is 0 Å². The van der Waals surface area contributed by atoms with Crippen LogP contribution in [0.5, 0.6) is 0 Å². The van der Waals surface area contributed by atoms with Crippen molar-refractivity contribution in [1.29, 1.82) is 0 Å². The Morgan fingerprint density at radius 1 is 1.43 bits per heavy atom. The lowest BCUT2D eigenvalue weighted by atomic mass is 9.84. The van der Waals surface area contributed by atoms with E-state index in [0.717, 1.165) is 11.1 Å². The molecule has 1 aromatic carbocycles. The summed E-state index contributed by atoms with van der Waals surface area (Å²) >= 11 is 5.86. The first kappa shape index (κ1) is 11.1. The standard InChI is InChI=1S/C11H13ClO2/c1-7-6-8(4-5-9(7)12)11(2,3)10(13)14/h4-6H,1-3H3,(H,13,14). The zero-order valence-electron chi connectivity index (χ0n) is 8.47. The van der Waals surface area contributed by atoms with E-state index in [2.05, 4.69) is 0 Å². The fraction of sp³-hybridized carbons (Fsp3) is 0.364. The molecule has 1 aromatic rings. The number of aryl methyl sites for hydroxylation is 1. The Bertz CT molecular complexity index is 370. The largest absolute Gasteiger partial charge is 0.481 e. The fourth-order valence-electron chi connectivity index (χ4n) is 1.16. The Morgan fingerprint density at radius 3 is 2.43 bits per heavy atom. The number of rotatable bonds is 2. The first-order chi connectivity index (χ1) is 6.35. The topological polar surface area (TPSA) is 37.3 Å². The summed E-state index contributed by atoms with van der Waals surface area (Å²) in [4.78, 5) is 11.0. The van der Waals surface area contributed by atoms with Crippen LogP contribution in [0.1, 0.15) is 25.0 Å². The lowest BCUT2D eigenvalue weighted by Crippen LogP contribution is -2.28. The van der Waals surface area contributed by atoms with Gasteiger partial charge in [-0.3, -0.25) is 4.79 Å². The maximum Gasteiger partial charge on any atom is 0.313 e. The summed E-state index contributed by atoms with van der Waals surface area (Å²) < 4.78 is 0. The van der Waals surface area contributed by atoms with E-state index >= 15 is 0 Å². The summed E-state index contributed by atoms with van der Waals surface area (Å²) in [6.45, 7) is 5.22. The molecular formula is C11H13ClO2. The van der Waals surface area contributed by atoms with E-state index in [1.807, 2.05) is 13.0 Å². The van der Waals surface area contributed by atoms with Gasteiger partial charge in [-0.15, -0.1) is 0 Å². The second kappa shape index (κ2) is 3.62. The van der Waals surface area contributed by atoms with Gasteiger partial charge in [0.25, 0.3) is 0 Å². The van der Waals surface area contributed by atoms with Gasteiger partial charge in [0.1, 0.15) is 0 Å². The molecule has 3 heteroatoms. The summed E-state index contributed by atoms with van der Waals surface area (Å²) in [6.07, 6.45) is 0. The van der Waals surface area contributed by atoms with Crippen molar-refractivity contribution in [2.45, 2.75) is 26.2 Å². The molecule has 0 bridgehead atoms. The predicted octanol–water partition coefficient (Wildman–Crippen LogP) is 3.01. The average molecular weight is 213 g/mol. The van der Waals surface area contributed by atoms with Gasteiger partial charge in [-0.25, -0.2) is 0 Å². The van der Waals surface area contributed by atoms with Gasteiger partial charge in [-0.2, -0.15) is 0 Å². The normalized spacial score (nSPS) is 11.4. The number of carboxylic acid groups (broad SMARTS) is 1. The van der Waals surface area contributed by atoms with Gasteiger partial charge in [0.2, 0.25) is 0 Å². The van der Waals surface area contributed by atoms with Crippen LogP contribution in [0.15, 0.2) is 18.2 Å². The van der Waals surface area contributed by atoms with Crippen molar-refractivity contribution < 1.29 is 9.90 Å². The van der Waals surface area contributed by atoms with E-state index in [4.69, 9.17) is 16.7 Å². The molecule has 0 aliphatic carbocycles. The molecule has 0 aliphatic heterocycles. The first-order valence-corrected chi connectivity index (χ1v) is 4.73. The van der Waals surface area contributed by atoms with E-state index in [9.17, 15) is 4.79 Å². The van der Waals surface area contributed by atoms with Crippen LogP contribution in [0, 0.1) is 6.92 Å². The van der Waals surface area contributed by atoms with E-state index < -0.39 is 11.4 Å². The molecule has 1 rings (SSSR count). The van der Waals surface area contributed by atoms with Crippen molar-refractivity contribution in [2.75, 3.05) is 0 Å². The second-order valence-electron chi connectivity index (χ2n) is 3.89. The predicted molar refractivity (Wildman–Crippen MR) is 56.9 cm³/mol. The lowest BCUT2D eigenvalue weighted by molar-refractivity contribution is -0.142. The number of aliphatic carboxylic acids is 1. The highest BCUT2D eigenvalue weighted by molar-refractivity contribution is 6.31. The van der Waals surface area contributed by atoms with Gasteiger partial charge in [-0.05, 0) is 38.0 Å². The molecule has 0 aromatic heterocycles. The monoisotopic (exact) mass is 212 g/mol. The van der Waals surface area contributed by atoms with Gasteiger partial charge in [0, 0.05) is 5.02 Å². The molecule has 1 N–H and O–H groups in total. The van der Waals surface area contributed by atoms with Crippen LogP contribution in [-0.4, -0.2) is 11.1 Å². The van der Waals surface area contributed by atoms with Crippen LogP contribution in [0.3, 0.4) is 0 Å². The third-order valence-electron chi connectivity index (χ3n) is 2.41. The number of hydrogen-bond acceptors (Lipinski definition) is 1. The third kappa shape index (κ3) is 1.90. The smallest absolute Gasteiger partial charge is 0.313 e. The number of carbonyl (C=O) groups is 1.